The van der Waals surface area contributed by atoms with Crippen LogP contribution in [0.3, 0.4) is 0 Å². The predicted octanol–water partition coefficient (Wildman–Crippen LogP) is 4.82. The second kappa shape index (κ2) is 7.06. The Balaban J connectivity index is 1.92. The van der Waals surface area contributed by atoms with Gasteiger partial charge in [0.2, 0.25) is 0 Å². The second-order valence-electron chi connectivity index (χ2n) is 5.66. The molecular weight excluding hydrogens is 285 g/mol. The fraction of sp³-hybridized carbons (Fsp3) is 0.333. The van der Waals surface area contributed by atoms with E-state index in [0.29, 0.717) is 17.2 Å². The highest BCUT2D eigenvalue weighted by molar-refractivity contribution is 6.30. The molecule has 0 spiro atoms. The molecule has 1 unspecified atom stereocenters. The maximum Gasteiger partial charge on any atom is 0.129 e. The van der Waals surface area contributed by atoms with Crippen molar-refractivity contribution in [1.29, 1.82) is 0 Å². The topological polar surface area (TPSA) is 12.0 Å². The van der Waals surface area contributed by atoms with Crippen molar-refractivity contribution in [2.45, 2.75) is 39.8 Å². The fourth-order valence-electron chi connectivity index (χ4n) is 2.48. The molecule has 0 aliphatic carbocycles. The Labute approximate surface area is 131 Å². The average Bonchev–Trinajstić information content (AvgIpc) is 2.45. The first-order chi connectivity index (χ1) is 9.95. The van der Waals surface area contributed by atoms with Crippen LogP contribution < -0.4 is 5.32 Å². The molecule has 0 fully saturated rings. The van der Waals surface area contributed by atoms with E-state index in [2.05, 4.69) is 12.2 Å². The molecule has 0 bridgehead atoms. The molecule has 2 aromatic carbocycles. The Morgan fingerprint density at radius 2 is 1.62 bits per heavy atom. The summed E-state index contributed by atoms with van der Waals surface area (Å²) in [7, 11) is 0. The lowest BCUT2D eigenvalue weighted by Gasteiger charge is -2.15. The van der Waals surface area contributed by atoms with Crippen LogP contribution in [0.1, 0.15) is 29.2 Å². The van der Waals surface area contributed by atoms with Crippen LogP contribution in [-0.2, 0) is 13.0 Å². The highest BCUT2D eigenvalue weighted by Crippen LogP contribution is 2.15. The van der Waals surface area contributed by atoms with Crippen molar-refractivity contribution in [3.05, 3.63) is 69.5 Å². The van der Waals surface area contributed by atoms with E-state index in [0.717, 1.165) is 23.6 Å². The summed E-state index contributed by atoms with van der Waals surface area (Å²) in [5.74, 6) is -0.104. The Bertz CT molecular complexity index is 584. The van der Waals surface area contributed by atoms with Crippen molar-refractivity contribution in [2.75, 3.05) is 0 Å². The first-order valence-electron chi connectivity index (χ1n) is 7.19. The molecule has 21 heavy (non-hydrogen) atoms. The van der Waals surface area contributed by atoms with Crippen molar-refractivity contribution in [1.82, 2.24) is 5.32 Å². The third kappa shape index (κ3) is 4.55. The average molecular weight is 306 g/mol. The Kier molecular flexibility index (Phi) is 5.38. The molecule has 0 aromatic heterocycles. The van der Waals surface area contributed by atoms with Gasteiger partial charge in [0.05, 0.1) is 0 Å². The van der Waals surface area contributed by atoms with Gasteiger partial charge >= 0.3 is 0 Å². The molecule has 2 aromatic rings. The number of rotatable bonds is 5. The first-order valence-corrected chi connectivity index (χ1v) is 7.57. The van der Waals surface area contributed by atoms with Crippen LogP contribution in [0.15, 0.2) is 36.4 Å². The van der Waals surface area contributed by atoms with Crippen molar-refractivity contribution < 1.29 is 4.39 Å². The highest BCUT2D eigenvalue weighted by Gasteiger charge is 2.07. The summed E-state index contributed by atoms with van der Waals surface area (Å²) in [6, 6.07) is 12.1. The summed E-state index contributed by atoms with van der Waals surface area (Å²) < 4.78 is 13.6. The zero-order valence-corrected chi connectivity index (χ0v) is 13.5. The molecule has 1 N–H and O–H groups in total. The van der Waals surface area contributed by atoms with Gasteiger partial charge in [0.25, 0.3) is 0 Å². The molecule has 0 radical (unpaired) electrons. The second-order valence-corrected chi connectivity index (χ2v) is 6.09. The predicted molar refractivity (Wildman–Crippen MR) is 87.3 cm³/mol. The summed E-state index contributed by atoms with van der Waals surface area (Å²) in [5.41, 5.74) is 3.79. The summed E-state index contributed by atoms with van der Waals surface area (Å²) in [5, 5.41) is 4.24. The fourth-order valence-corrected chi connectivity index (χ4v) is 2.60. The van der Waals surface area contributed by atoms with Gasteiger partial charge in [0.15, 0.2) is 0 Å². The molecule has 0 saturated carbocycles. The van der Waals surface area contributed by atoms with Crippen LogP contribution >= 0.6 is 11.6 Å². The van der Waals surface area contributed by atoms with Crippen LogP contribution in [0.4, 0.5) is 4.39 Å². The van der Waals surface area contributed by atoms with Crippen molar-refractivity contribution in [3.63, 3.8) is 0 Å². The molecule has 0 heterocycles. The minimum atomic E-state index is -0.104. The van der Waals surface area contributed by atoms with E-state index < -0.39 is 0 Å². The standard InChI is InChI=1S/C18H21ClFN/c1-12-8-16(9-13(2)18(12)20)11-21-14(3)10-15-4-6-17(19)7-5-15/h4-9,14,21H,10-11H2,1-3H3. The highest BCUT2D eigenvalue weighted by atomic mass is 35.5. The number of nitrogens with one attached hydrogen (secondary N) is 1. The zero-order valence-electron chi connectivity index (χ0n) is 12.7. The van der Waals surface area contributed by atoms with Gasteiger partial charge in [-0.05, 0) is 61.6 Å². The third-order valence-electron chi connectivity index (χ3n) is 3.61. The molecule has 0 amide bonds. The number of hydrogen-bond donors (Lipinski definition) is 1. The molecule has 1 nitrogen and oxygen atoms in total. The SMILES string of the molecule is Cc1cc(CNC(C)Cc2ccc(Cl)cc2)cc(C)c1F. The van der Waals surface area contributed by atoms with Gasteiger partial charge in [0.1, 0.15) is 5.82 Å². The maximum atomic E-state index is 13.6. The van der Waals surface area contributed by atoms with Gasteiger partial charge in [-0.3, -0.25) is 0 Å². The number of halogens is 2. The van der Waals surface area contributed by atoms with E-state index in [1.54, 1.807) is 0 Å². The molecular formula is C18H21ClFN. The van der Waals surface area contributed by atoms with Gasteiger partial charge in [-0.15, -0.1) is 0 Å². The lowest BCUT2D eigenvalue weighted by atomic mass is 10.0. The lowest BCUT2D eigenvalue weighted by Crippen LogP contribution is -2.27. The molecule has 0 aliphatic rings. The summed E-state index contributed by atoms with van der Waals surface area (Å²) in [6.07, 6.45) is 0.941. The van der Waals surface area contributed by atoms with Crippen LogP contribution in [0, 0.1) is 19.7 Å². The van der Waals surface area contributed by atoms with Gasteiger partial charge in [-0.25, -0.2) is 4.39 Å². The van der Waals surface area contributed by atoms with E-state index >= 15 is 0 Å². The minimum absolute atomic E-state index is 0.104. The molecule has 3 heteroatoms. The van der Waals surface area contributed by atoms with Crippen molar-refractivity contribution >= 4 is 11.6 Å². The van der Waals surface area contributed by atoms with Gasteiger partial charge < -0.3 is 5.32 Å². The van der Waals surface area contributed by atoms with E-state index in [-0.39, 0.29) is 5.82 Å². The van der Waals surface area contributed by atoms with Gasteiger partial charge in [-0.1, -0.05) is 35.9 Å². The van der Waals surface area contributed by atoms with E-state index in [1.807, 2.05) is 50.2 Å². The smallest absolute Gasteiger partial charge is 0.129 e. The number of benzene rings is 2. The number of hydrogen-bond acceptors (Lipinski definition) is 1. The minimum Gasteiger partial charge on any atom is -0.310 e. The van der Waals surface area contributed by atoms with E-state index in [4.69, 9.17) is 11.6 Å². The zero-order chi connectivity index (χ0) is 15.4. The van der Waals surface area contributed by atoms with Crippen LogP contribution in [0.5, 0.6) is 0 Å². The molecule has 0 aliphatic heterocycles. The summed E-state index contributed by atoms with van der Waals surface area (Å²) in [6.45, 7) is 6.51. The first kappa shape index (κ1) is 16.0. The monoisotopic (exact) mass is 305 g/mol. The summed E-state index contributed by atoms with van der Waals surface area (Å²) in [4.78, 5) is 0. The maximum absolute atomic E-state index is 13.6. The van der Waals surface area contributed by atoms with Crippen LogP contribution in [0.25, 0.3) is 0 Å². The van der Waals surface area contributed by atoms with Gasteiger partial charge in [-0.2, -0.15) is 0 Å². The normalized spacial score (nSPS) is 12.4. The lowest BCUT2D eigenvalue weighted by molar-refractivity contribution is 0.543. The molecule has 2 rings (SSSR count). The van der Waals surface area contributed by atoms with E-state index in [9.17, 15) is 4.39 Å². The Hall–Kier alpha value is -1.38. The molecule has 112 valence electrons. The summed E-state index contributed by atoms with van der Waals surface area (Å²) >= 11 is 5.89. The van der Waals surface area contributed by atoms with Crippen LogP contribution in [-0.4, -0.2) is 6.04 Å². The largest absolute Gasteiger partial charge is 0.310 e. The van der Waals surface area contributed by atoms with Crippen LogP contribution in [0.2, 0.25) is 5.02 Å². The number of aryl methyl sites for hydroxylation is 2. The molecule has 0 saturated heterocycles. The van der Waals surface area contributed by atoms with Crippen molar-refractivity contribution in [3.8, 4) is 0 Å². The van der Waals surface area contributed by atoms with Gasteiger partial charge in [0, 0.05) is 17.6 Å². The van der Waals surface area contributed by atoms with E-state index in [1.165, 1.54) is 5.56 Å². The molecule has 1 atom stereocenters. The van der Waals surface area contributed by atoms with Crippen molar-refractivity contribution in [2.24, 2.45) is 0 Å². The third-order valence-corrected chi connectivity index (χ3v) is 3.86. The Morgan fingerprint density at radius 1 is 1.05 bits per heavy atom. The quantitative estimate of drug-likeness (QED) is 0.835. The Morgan fingerprint density at radius 3 is 2.19 bits per heavy atom.